The second kappa shape index (κ2) is 7.70. The van der Waals surface area contributed by atoms with Crippen molar-refractivity contribution >= 4 is 23.1 Å². The summed E-state index contributed by atoms with van der Waals surface area (Å²) in [4.78, 5) is 24.6. The quantitative estimate of drug-likeness (QED) is 0.478. The van der Waals surface area contributed by atoms with Crippen LogP contribution >= 0.6 is 11.3 Å². The van der Waals surface area contributed by atoms with Crippen molar-refractivity contribution in [2.75, 3.05) is 0 Å². The van der Waals surface area contributed by atoms with E-state index in [9.17, 15) is 9.59 Å². The number of hydrogen-bond donors (Lipinski definition) is 0. The molecule has 0 unspecified atom stereocenters. The molecular weight excluding hydrogens is 326 g/mol. The normalized spacial score (nSPS) is 10.5. The van der Waals surface area contributed by atoms with Crippen LogP contribution in [0, 0.1) is 0 Å². The minimum atomic E-state index is -0.431. The lowest BCUT2D eigenvalue weighted by Crippen LogP contribution is -2.08. The highest BCUT2D eigenvalue weighted by Crippen LogP contribution is 2.25. The maximum Gasteiger partial charge on any atom is 0.306 e. The Hall–Kier alpha value is -2.73. The van der Waals surface area contributed by atoms with Gasteiger partial charge in [0.15, 0.2) is 11.5 Å². The Bertz CT molecular complexity index is 809. The van der Waals surface area contributed by atoms with Crippen LogP contribution in [-0.2, 0) is 16.1 Å². The van der Waals surface area contributed by atoms with E-state index in [-0.39, 0.29) is 25.2 Å². The summed E-state index contributed by atoms with van der Waals surface area (Å²) >= 11 is 1.54. The fourth-order valence-corrected chi connectivity index (χ4v) is 2.80. The molecule has 2 heterocycles. The molecule has 3 rings (SSSR count). The Morgan fingerprint density at radius 3 is 2.67 bits per heavy atom. The van der Waals surface area contributed by atoms with Crippen molar-refractivity contribution in [1.29, 1.82) is 0 Å². The minimum Gasteiger partial charge on any atom is -0.459 e. The number of nitrogens with zero attached hydrogens (tertiary/aromatic N) is 1. The lowest BCUT2D eigenvalue weighted by Gasteiger charge is -2.02. The van der Waals surface area contributed by atoms with E-state index in [1.165, 1.54) is 0 Å². The Morgan fingerprint density at radius 2 is 1.92 bits per heavy atom. The van der Waals surface area contributed by atoms with E-state index in [2.05, 4.69) is 5.16 Å². The van der Waals surface area contributed by atoms with Crippen LogP contribution in [0.5, 0.6) is 0 Å². The lowest BCUT2D eigenvalue weighted by molar-refractivity contribution is -0.145. The molecule has 122 valence electrons. The van der Waals surface area contributed by atoms with E-state index in [0.29, 0.717) is 17.0 Å². The molecule has 0 radical (unpaired) electrons. The number of rotatable bonds is 7. The average molecular weight is 341 g/mol. The van der Waals surface area contributed by atoms with Crippen molar-refractivity contribution in [2.24, 2.45) is 0 Å². The molecular formula is C18H15NO4S. The Balaban J connectivity index is 1.45. The molecule has 5 nitrogen and oxygen atoms in total. The van der Waals surface area contributed by atoms with Gasteiger partial charge in [0.05, 0.1) is 11.3 Å². The number of carbonyl (C=O) groups excluding carboxylic acids is 2. The van der Waals surface area contributed by atoms with Crippen molar-refractivity contribution in [3.05, 3.63) is 65.2 Å². The summed E-state index contributed by atoms with van der Waals surface area (Å²) < 4.78 is 10.3. The topological polar surface area (TPSA) is 69.4 Å². The smallest absolute Gasteiger partial charge is 0.306 e. The van der Waals surface area contributed by atoms with Gasteiger partial charge < -0.3 is 9.26 Å². The van der Waals surface area contributed by atoms with E-state index in [1.54, 1.807) is 41.7 Å². The third-order valence-corrected chi connectivity index (χ3v) is 4.24. The van der Waals surface area contributed by atoms with E-state index in [0.717, 1.165) is 4.88 Å². The van der Waals surface area contributed by atoms with Crippen LogP contribution in [0.1, 0.15) is 28.9 Å². The molecule has 0 aliphatic rings. The number of benzene rings is 1. The standard InChI is InChI=1S/C18H15NO4S/c20-15(13-5-2-1-3-6-13)8-9-18(21)22-12-14-11-16(23-19-14)17-7-4-10-24-17/h1-7,10-11H,8-9,12H2. The van der Waals surface area contributed by atoms with Crippen molar-refractivity contribution < 1.29 is 18.8 Å². The molecule has 0 atom stereocenters. The first-order valence-electron chi connectivity index (χ1n) is 7.46. The van der Waals surface area contributed by atoms with Gasteiger partial charge in [-0.05, 0) is 11.4 Å². The van der Waals surface area contributed by atoms with Gasteiger partial charge in [-0.1, -0.05) is 41.6 Å². The minimum absolute atomic E-state index is 0.0350. The molecule has 0 amide bonds. The molecule has 0 fully saturated rings. The number of hydrogen-bond acceptors (Lipinski definition) is 6. The van der Waals surface area contributed by atoms with E-state index in [1.807, 2.05) is 23.6 Å². The molecule has 0 aliphatic carbocycles. The fourth-order valence-electron chi connectivity index (χ4n) is 2.13. The molecule has 24 heavy (non-hydrogen) atoms. The van der Waals surface area contributed by atoms with Gasteiger partial charge in [-0.15, -0.1) is 11.3 Å². The number of ketones is 1. The molecule has 0 spiro atoms. The average Bonchev–Trinajstić information content (AvgIpc) is 3.29. The first-order valence-corrected chi connectivity index (χ1v) is 8.33. The fraction of sp³-hybridized carbons (Fsp3) is 0.167. The molecule has 6 heteroatoms. The first-order chi connectivity index (χ1) is 11.7. The lowest BCUT2D eigenvalue weighted by atomic mass is 10.1. The van der Waals surface area contributed by atoms with Crippen molar-refractivity contribution in [3.63, 3.8) is 0 Å². The summed E-state index contributed by atoms with van der Waals surface area (Å²) in [6, 6.07) is 14.5. The number of ether oxygens (including phenoxy) is 1. The van der Waals surface area contributed by atoms with Gasteiger partial charge in [0.1, 0.15) is 12.3 Å². The zero-order valence-electron chi connectivity index (χ0n) is 12.8. The zero-order chi connectivity index (χ0) is 16.8. The highest BCUT2D eigenvalue weighted by atomic mass is 32.1. The summed E-state index contributed by atoms with van der Waals surface area (Å²) in [7, 11) is 0. The van der Waals surface area contributed by atoms with Crippen LogP contribution in [0.4, 0.5) is 0 Å². The number of Topliss-reactive ketones (excluding diaryl/α,β-unsaturated/α-hetero) is 1. The Morgan fingerprint density at radius 1 is 1.08 bits per heavy atom. The third-order valence-electron chi connectivity index (χ3n) is 3.36. The maximum atomic E-state index is 11.9. The van der Waals surface area contributed by atoms with Gasteiger partial charge in [0, 0.05) is 18.1 Å². The predicted octanol–water partition coefficient (Wildman–Crippen LogP) is 4.11. The molecule has 2 aromatic heterocycles. The number of thiophene rings is 1. The molecule has 0 aliphatic heterocycles. The SMILES string of the molecule is O=C(CCC(=O)c1ccccc1)OCc1cc(-c2cccs2)on1. The number of carbonyl (C=O) groups is 2. The van der Waals surface area contributed by atoms with Gasteiger partial charge >= 0.3 is 5.97 Å². The molecule has 0 saturated heterocycles. The van der Waals surface area contributed by atoms with E-state index in [4.69, 9.17) is 9.26 Å². The maximum absolute atomic E-state index is 11.9. The Labute approximate surface area is 142 Å². The van der Waals surface area contributed by atoms with Gasteiger partial charge in [0.25, 0.3) is 0 Å². The predicted molar refractivity (Wildman–Crippen MR) is 89.6 cm³/mol. The summed E-state index contributed by atoms with van der Waals surface area (Å²) in [5, 5.41) is 5.82. The second-order valence-corrected chi connectivity index (χ2v) is 6.06. The second-order valence-electron chi connectivity index (χ2n) is 5.11. The summed E-state index contributed by atoms with van der Waals surface area (Å²) in [6.07, 6.45) is 0.172. The van der Waals surface area contributed by atoms with Crippen LogP contribution in [0.15, 0.2) is 58.4 Å². The molecule has 3 aromatic rings. The van der Waals surface area contributed by atoms with E-state index < -0.39 is 5.97 Å². The number of aromatic nitrogens is 1. The van der Waals surface area contributed by atoms with Crippen molar-refractivity contribution in [2.45, 2.75) is 19.4 Å². The van der Waals surface area contributed by atoms with Crippen molar-refractivity contribution in [1.82, 2.24) is 5.16 Å². The van der Waals surface area contributed by atoms with Crippen LogP contribution in [0.2, 0.25) is 0 Å². The third kappa shape index (κ3) is 4.17. The zero-order valence-corrected chi connectivity index (χ0v) is 13.6. The molecule has 0 bridgehead atoms. The van der Waals surface area contributed by atoms with Crippen molar-refractivity contribution in [3.8, 4) is 10.6 Å². The first kappa shape index (κ1) is 16.1. The summed E-state index contributed by atoms with van der Waals surface area (Å²) in [5.41, 5.74) is 1.14. The van der Waals surface area contributed by atoms with Gasteiger partial charge in [-0.25, -0.2) is 0 Å². The van der Waals surface area contributed by atoms with Crippen LogP contribution in [0.25, 0.3) is 10.6 Å². The Kier molecular flexibility index (Phi) is 5.18. The van der Waals surface area contributed by atoms with Crippen LogP contribution < -0.4 is 0 Å². The van der Waals surface area contributed by atoms with Gasteiger partial charge in [-0.3, -0.25) is 9.59 Å². The highest BCUT2D eigenvalue weighted by Gasteiger charge is 2.12. The molecule has 0 N–H and O–H groups in total. The monoisotopic (exact) mass is 341 g/mol. The molecule has 1 aromatic carbocycles. The largest absolute Gasteiger partial charge is 0.459 e. The van der Waals surface area contributed by atoms with Gasteiger partial charge in [-0.2, -0.15) is 0 Å². The van der Waals surface area contributed by atoms with E-state index >= 15 is 0 Å². The van der Waals surface area contributed by atoms with Crippen LogP contribution in [-0.4, -0.2) is 16.9 Å². The molecule has 0 saturated carbocycles. The highest BCUT2D eigenvalue weighted by molar-refractivity contribution is 7.13. The van der Waals surface area contributed by atoms with Crippen LogP contribution in [0.3, 0.4) is 0 Å². The summed E-state index contributed by atoms with van der Waals surface area (Å²) in [5.74, 6) is 0.143. The number of esters is 1. The summed E-state index contributed by atoms with van der Waals surface area (Å²) in [6.45, 7) is 0.0350. The van der Waals surface area contributed by atoms with Gasteiger partial charge in [0.2, 0.25) is 0 Å².